The van der Waals surface area contributed by atoms with Crippen molar-refractivity contribution in [3.63, 3.8) is 0 Å². The molecule has 1 aliphatic rings. The molecule has 1 atom stereocenters. The second kappa shape index (κ2) is 8.91. The molecule has 2 aromatic carbocycles. The van der Waals surface area contributed by atoms with Crippen LogP contribution >= 0.6 is 0 Å². The van der Waals surface area contributed by atoms with E-state index in [0.717, 1.165) is 53.4 Å². The highest BCUT2D eigenvalue weighted by molar-refractivity contribution is 6.02. The van der Waals surface area contributed by atoms with Gasteiger partial charge in [0.05, 0.1) is 29.1 Å². The summed E-state index contributed by atoms with van der Waals surface area (Å²) in [6, 6.07) is 11.0. The van der Waals surface area contributed by atoms with Gasteiger partial charge < -0.3 is 14.8 Å². The van der Waals surface area contributed by atoms with E-state index >= 15 is 0 Å². The maximum absolute atomic E-state index is 12.9. The number of carboxylic acids is 1. The number of likely N-dealkylation sites (tertiary alicyclic amines) is 1. The highest BCUT2D eigenvalue weighted by Gasteiger charge is 2.28. The zero-order valence-corrected chi connectivity index (χ0v) is 19.3. The fraction of sp³-hybridized carbons (Fsp3) is 0.296. The van der Waals surface area contributed by atoms with Crippen molar-refractivity contribution in [2.45, 2.75) is 38.8 Å². The number of aryl methyl sites for hydroxylation is 1. The van der Waals surface area contributed by atoms with E-state index in [1.54, 1.807) is 31.6 Å². The van der Waals surface area contributed by atoms with Crippen molar-refractivity contribution in [3.05, 3.63) is 81.3 Å². The van der Waals surface area contributed by atoms with Crippen LogP contribution in [0.25, 0.3) is 21.8 Å². The number of methoxy groups -OCH3 is 1. The number of piperidine rings is 1. The van der Waals surface area contributed by atoms with Crippen molar-refractivity contribution in [2.24, 2.45) is 0 Å². The van der Waals surface area contributed by atoms with Gasteiger partial charge in [0, 0.05) is 42.0 Å². The molecule has 0 radical (unpaired) electrons. The average Bonchev–Trinajstić information content (AvgIpc) is 2.85. The van der Waals surface area contributed by atoms with E-state index < -0.39 is 5.97 Å². The number of hydrogen-bond acceptors (Lipinski definition) is 5. The normalized spacial score (nSPS) is 16.7. The molecule has 0 spiro atoms. The van der Waals surface area contributed by atoms with Gasteiger partial charge in [-0.2, -0.15) is 0 Å². The number of aromatic amines is 1. The van der Waals surface area contributed by atoms with Gasteiger partial charge in [-0.1, -0.05) is 18.6 Å². The third-order valence-corrected chi connectivity index (χ3v) is 6.89. The van der Waals surface area contributed by atoms with Crippen LogP contribution in [-0.4, -0.2) is 39.6 Å². The lowest BCUT2D eigenvalue weighted by Crippen LogP contribution is -2.33. The van der Waals surface area contributed by atoms with Crippen LogP contribution < -0.4 is 10.2 Å². The zero-order valence-electron chi connectivity index (χ0n) is 19.3. The predicted octanol–water partition coefficient (Wildman–Crippen LogP) is 4.82. The minimum absolute atomic E-state index is 0.0280. The number of rotatable bonds is 5. The Morgan fingerprint density at radius 1 is 1.26 bits per heavy atom. The Balaban J connectivity index is 1.64. The molecule has 174 valence electrons. The Kier molecular flexibility index (Phi) is 5.79. The van der Waals surface area contributed by atoms with Gasteiger partial charge in [0.25, 0.3) is 0 Å². The molecular formula is C27H27N3O4. The monoisotopic (exact) mass is 457 g/mol. The first-order chi connectivity index (χ1) is 16.5. The first-order valence-corrected chi connectivity index (χ1v) is 11.5. The number of aromatic carboxylic acids is 1. The van der Waals surface area contributed by atoms with Crippen molar-refractivity contribution in [2.75, 3.05) is 13.7 Å². The summed E-state index contributed by atoms with van der Waals surface area (Å²) in [5.74, 6) is -0.274. The molecule has 5 rings (SSSR count). The molecule has 1 fully saturated rings. The van der Waals surface area contributed by atoms with Gasteiger partial charge in [0.1, 0.15) is 5.75 Å². The van der Waals surface area contributed by atoms with Gasteiger partial charge in [-0.25, -0.2) is 4.79 Å². The van der Waals surface area contributed by atoms with E-state index in [9.17, 15) is 14.7 Å². The number of hydrogen-bond donors (Lipinski definition) is 2. The van der Waals surface area contributed by atoms with Crippen LogP contribution in [0, 0.1) is 6.92 Å². The van der Waals surface area contributed by atoms with Gasteiger partial charge in [0.2, 0.25) is 0 Å². The second-order valence-electron chi connectivity index (χ2n) is 8.86. The topological polar surface area (TPSA) is 95.5 Å². The van der Waals surface area contributed by atoms with Crippen LogP contribution in [0.4, 0.5) is 0 Å². The lowest BCUT2D eigenvalue weighted by molar-refractivity contribution is 0.0698. The molecule has 0 bridgehead atoms. The molecule has 2 N–H and O–H groups in total. The Bertz CT molecular complexity index is 1460. The molecule has 0 aliphatic carbocycles. The summed E-state index contributed by atoms with van der Waals surface area (Å²) in [4.78, 5) is 34.7. The van der Waals surface area contributed by atoms with Crippen LogP contribution in [0.1, 0.15) is 52.4 Å². The summed E-state index contributed by atoms with van der Waals surface area (Å²) in [7, 11) is 1.64. The summed E-state index contributed by atoms with van der Waals surface area (Å²) < 4.78 is 5.73. The van der Waals surface area contributed by atoms with Gasteiger partial charge in [-0.15, -0.1) is 0 Å². The van der Waals surface area contributed by atoms with Crippen LogP contribution in [0.2, 0.25) is 0 Å². The highest BCUT2D eigenvalue weighted by Crippen LogP contribution is 2.38. The first-order valence-electron chi connectivity index (χ1n) is 11.5. The van der Waals surface area contributed by atoms with E-state index in [-0.39, 0.29) is 17.0 Å². The van der Waals surface area contributed by atoms with Crippen molar-refractivity contribution >= 4 is 27.8 Å². The third-order valence-electron chi connectivity index (χ3n) is 6.89. The van der Waals surface area contributed by atoms with Crippen LogP contribution in [0.3, 0.4) is 0 Å². The number of H-pyrrole nitrogens is 1. The molecule has 2 aromatic heterocycles. The highest BCUT2D eigenvalue weighted by atomic mass is 16.5. The van der Waals surface area contributed by atoms with Gasteiger partial charge in [0.15, 0.2) is 5.43 Å². The summed E-state index contributed by atoms with van der Waals surface area (Å²) in [5, 5.41) is 11.2. The standard InChI is InChI=1S/C27H27N3O4/c1-16-14-23(34-2)20(24-22(31)10-12-29-25(16)24)15-30-13-4-3-7-21(30)17-8-9-19(27(32)33)26-18(17)6-5-11-28-26/h5-6,8-12,14,21H,3-4,7,13,15H2,1-2H3,(H,29,31)(H,32,33). The maximum Gasteiger partial charge on any atom is 0.337 e. The molecular weight excluding hydrogens is 430 g/mol. The van der Waals surface area contributed by atoms with E-state index in [1.165, 1.54) is 0 Å². The van der Waals surface area contributed by atoms with E-state index in [0.29, 0.717) is 23.2 Å². The predicted molar refractivity (Wildman–Crippen MR) is 132 cm³/mol. The molecule has 0 saturated carbocycles. The fourth-order valence-electron chi connectivity index (χ4n) is 5.30. The summed E-state index contributed by atoms with van der Waals surface area (Å²) in [6.45, 7) is 3.40. The van der Waals surface area contributed by atoms with Crippen LogP contribution in [-0.2, 0) is 6.54 Å². The van der Waals surface area contributed by atoms with Gasteiger partial charge in [-0.3, -0.25) is 14.7 Å². The number of carboxylic acid groups (broad SMARTS) is 1. The van der Waals surface area contributed by atoms with Crippen LogP contribution in [0.5, 0.6) is 5.75 Å². The Hall–Kier alpha value is -3.71. The van der Waals surface area contributed by atoms with Gasteiger partial charge >= 0.3 is 5.97 Å². The van der Waals surface area contributed by atoms with E-state index in [4.69, 9.17) is 4.74 Å². The van der Waals surface area contributed by atoms with Crippen molar-refractivity contribution < 1.29 is 14.6 Å². The molecule has 1 aliphatic heterocycles. The number of carbonyl (C=O) groups is 1. The third kappa shape index (κ3) is 3.72. The molecule has 1 saturated heterocycles. The molecule has 34 heavy (non-hydrogen) atoms. The summed E-state index contributed by atoms with van der Waals surface area (Å²) in [5.41, 5.74) is 4.42. The van der Waals surface area contributed by atoms with E-state index in [1.807, 2.05) is 31.2 Å². The number of ether oxygens (including phenoxy) is 1. The largest absolute Gasteiger partial charge is 0.496 e. The van der Waals surface area contributed by atoms with Crippen molar-refractivity contribution in [1.82, 2.24) is 14.9 Å². The lowest BCUT2D eigenvalue weighted by Gasteiger charge is -2.37. The smallest absolute Gasteiger partial charge is 0.337 e. The Morgan fingerprint density at radius 3 is 2.91 bits per heavy atom. The minimum Gasteiger partial charge on any atom is -0.496 e. The maximum atomic E-state index is 12.9. The number of fused-ring (bicyclic) bond motifs is 2. The zero-order chi connectivity index (χ0) is 23.8. The Morgan fingerprint density at radius 2 is 2.12 bits per heavy atom. The lowest BCUT2D eigenvalue weighted by atomic mass is 9.90. The number of aromatic nitrogens is 2. The second-order valence-corrected chi connectivity index (χ2v) is 8.86. The van der Waals surface area contributed by atoms with Crippen LogP contribution in [0.15, 0.2) is 53.6 Å². The number of benzene rings is 2. The number of pyridine rings is 2. The van der Waals surface area contributed by atoms with Gasteiger partial charge in [-0.05, 0) is 55.6 Å². The molecule has 1 unspecified atom stereocenters. The number of nitrogens with zero attached hydrogens (tertiary/aromatic N) is 2. The molecule has 3 heterocycles. The minimum atomic E-state index is -0.981. The average molecular weight is 458 g/mol. The SMILES string of the molecule is COc1cc(C)c2[nH]ccc(=O)c2c1CN1CCCCC1c1ccc(C(=O)O)c2ncccc12. The molecule has 4 aromatic rings. The van der Waals surface area contributed by atoms with Crippen molar-refractivity contribution in [1.29, 1.82) is 0 Å². The summed E-state index contributed by atoms with van der Waals surface area (Å²) >= 11 is 0. The molecule has 0 amide bonds. The number of nitrogens with one attached hydrogen (secondary N) is 1. The van der Waals surface area contributed by atoms with E-state index in [2.05, 4.69) is 14.9 Å². The first kappa shape index (κ1) is 22.1. The fourth-order valence-corrected chi connectivity index (χ4v) is 5.30. The molecule has 7 heteroatoms. The van der Waals surface area contributed by atoms with Crippen molar-refractivity contribution in [3.8, 4) is 5.75 Å². The quantitative estimate of drug-likeness (QED) is 0.446. The summed E-state index contributed by atoms with van der Waals surface area (Å²) in [6.07, 6.45) is 6.39. The molecule has 7 nitrogen and oxygen atoms in total. The Labute approximate surface area is 197 Å².